The van der Waals surface area contributed by atoms with Crippen molar-refractivity contribution in [2.24, 2.45) is 0 Å². The number of alkyl halides is 2. The molecule has 0 aromatic heterocycles. The van der Waals surface area contributed by atoms with E-state index in [2.05, 4.69) is 0 Å². The fourth-order valence-corrected chi connectivity index (χ4v) is 0.191. The Morgan fingerprint density at radius 1 is 1.75 bits per heavy atom. The van der Waals surface area contributed by atoms with Gasteiger partial charge in [0, 0.05) is 6.92 Å². The Labute approximate surface area is 45.9 Å². The molecule has 47 valence electrons. The summed E-state index contributed by atoms with van der Waals surface area (Å²) in [4.78, 5) is 9.28. The first-order valence-electron chi connectivity index (χ1n) is 2.04. The van der Waals surface area contributed by atoms with E-state index in [-0.39, 0.29) is 0 Å². The maximum atomic E-state index is 11.7. The molecule has 0 unspecified atom stereocenters. The molecule has 0 saturated carbocycles. The van der Waals surface area contributed by atoms with Crippen molar-refractivity contribution in [1.82, 2.24) is 5.32 Å². The Bertz CT molecular complexity index is 78.6. The third-order valence-electron chi connectivity index (χ3n) is 0.471. The third-order valence-corrected chi connectivity index (χ3v) is 0.471. The predicted molar refractivity (Wildman–Crippen MR) is 24.3 cm³/mol. The standard InChI is InChI=1S/C4H6F2NO/c1-4(5,6)2-7-3-8/h2H2,1H3,(H,7,8). The summed E-state index contributed by atoms with van der Waals surface area (Å²) in [5, 5.41) is 1.73. The number of nitrogens with one attached hydrogen (secondary N) is 1. The number of carbonyl (C=O) groups excluding carboxylic acids is 1. The van der Waals surface area contributed by atoms with Crippen LogP contribution in [0.1, 0.15) is 6.92 Å². The highest BCUT2D eigenvalue weighted by Crippen LogP contribution is 2.07. The lowest BCUT2D eigenvalue weighted by Crippen LogP contribution is -2.28. The zero-order valence-corrected chi connectivity index (χ0v) is 4.37. The smallest absolute Gasteiger partial charge is 0.309 e. The first-order chi connectivity index (χ1) is 3.56. The van der Waals surface area contributed by atoms with Gasteiger partial charge in [-0.3, -0.25) is 4.79 Å². The summed E-state index contributed by atoms with van der Waals surface area (Å²) < 4.78 is 23.3. The molecule has 1 N–H and O–H groups in total. The van der Waals surface area contributed by atoms with E-state index in [4.69, 9.17) is 0 Å². The highest BCUT2D eigenvalue weighted by Gasteiger charge is 2.19. The van der Waals surface area contributed by atoms with Crippen LogP contribution in [0.4, 0.5) is 8.78 Å². The largest absolute Gasteiger partial charge is 0.342 e. The lowest BCUT2D eigenvalue weighted by Gasteiger charge is -2.06. The van der Waals surface area contributed by atoms with Crippen LogP contribution in [0.5, 0.6) is 0 Å². The van der Waals surface area contributed by atoms with E-state index >= 15 is 0 Å². The quantitative estimate of drug-likeness (QED) is 0.536. The van der Waals surface area contributed by atoms with E-state index < -0.39 is 12.5 Å². The lowest BCUT2D eigenvalue weighted by atomic mass is 10.4. The minimum atomic E-state index is -2.82. The van der Waals surface area contributed by atoms with Crippen LogP contribution >= 0.6 is 0 Å². The summed E-state index contributed by atoms with van der Waals surface area (Å²) in [6, 6.07) is 0. The Morgan fingerprint density at radius 3 is 2.38 bits per heavy atom. The van der Waals surface area contributed by atoms with E-state index in [0.717, 1.165) is 13.3 Å². The second-order valence-corrected chi connectivity index (χ2v) is 1.53. The van der Waals surface area contributed by atoms with E-state index in [1.54, 1.807) is 5.32 Å². The summed E-state index contributed by atoms with van der Waals surface area (Å²) in [6.07, 6.45) is 1.14. The highest BCUT2D eigenvalue weighted by atomic mass is 19.3. The minimum absolute atomic E-state index is 0.642. The van der Waals surface area contributed by atoms with Gasteiger partial charge in [0.05, 0.1) is 6.54 Å². The van der Waals surface area contributed by atoms with Crippen molar-refractivity contribution in [3.8, 4) is 0 Å². The van der Waals surface area contributed by atoms with E-state index in [9.17, 15) is 13.6 Å². The molecule has 0 aliphatic rings. The van der Waals surface area contributed by atoms with Crippen molar-refractivity contribution in [1.29, 1.82) is 0 Å². The molecule has 1 amide bonds. The predicted octanol–water partition coefficient (Wildman–Crippen LogP) is 0.298. The number of rotatable bonds is 3. The van der Waals surface area contributed by atoms with Gasteiger partial charge in [-0.15, -0.1) is 0 Å². The summed E-state index contributed by atoms with van der Waals surface area (Å²) in [7, 11) is 0. The molecule has 0 aromatic rings. The molecule has 0 fully saturated rings. The monoisotopic (exact) mass is 122 g/mol. The van der Waals surface area contributed by atoms with E-state index in [1.165, 1.54) is 0 Å². The van der Waals surface area contributed by atoms with Gasteiger partial charge < -0.3 is 5.32 Å². The van der Waals surface area contributed by atoms with Gasteiger partial charge in [-0.1, -0.05) is 0 Å². The topological polar surface area (TPSA) is 29.1 Å². The van der Waals surface area contributed by atoms with Crippen LogP contribution < -0.4 is 5.32 Å². The number of amides is 1. The molecule has 0 atom stereocenters. The van der Waals surface area contributed by atoms with Gasteiger partial charge in [0.15, 0.2) is 0 Å². The van der Waals surface area contributed by atoms with Crippen LogP contribution in [0.15, 0.2) is 0 Å². The van der Waals surface area contributed by atoms with Crippen LogP contribution in [-0.2, 0) is 4.79 Å². The van der Waals surface area contributed by atoms with Crippen LogP contribution in [-0.4, -0.2) is 18.9 Å². The molecule has 2 nitrogen and oxygen atoms in total. The lowest BCUT2D eigenvalue weighted by molar-refractivity contribution is 0.0272. The van der Waals surface area contributed by atoms with Crippen LogP contribution in [0.2, 0.25) is 0 Å². The average molecular weight is 122 g/mol. The molecule has 0 aliphatic heterocycles. The summed E-state index contributed by atoms with van der Waals surface area (Å²) >= 11 is 0. The maximum Gasteiger partial charge on any atom is 0.309 e. The van der Waals surface area contributed by atoms with Crippen molar-refractivity contribution in [2.45, 2.75) is 12.8 Å². The summed E-state index contributed by atoms with van der Waals surface area (Å²) in [5.74, 6) is -2.82. The molecule has 0 bridgehead atoms. The molecular formula is C4H6F2NO. The summed E-state index contributed by atoms with van der Waals surface area (Å²) in [5.41, 5.74) is 0. The fourth-order valence-electron chi connectivity index (χ4n) is 0.191. The molecule has 0 saturated heterocycles. The second kappa shape index (κ2) is 2.59. The number of halogens is 2. The normalized spacial score (nSPS) is 10.9. The van der Waals surface area contributed by atoms with Gasteiger partial charge in [-0.2, -0.15) is 0 Å². The van der Waals surface area contributed by atoms with E-state index in [0.29, 0.717) is 0 Å². The van der Waals surface area contributed by atoms with Crippen molar-refractivity contribution in [3.05, 3.63) is 0 Å². The Morgan fingerprint density at radius 2 is 2.25 bits per heavy atom. The number of hydrogen-bond donors (Lipinski definition) is 1. The minimum Gasteiger partial charge on any atom is -0.342 e. The molecule has 0 heterocycles. The second-order valence-electron chi connectivity index (χ2n) is 1.53. The molecule has 8 heavy (non-hydrogen) atoms. The molecule has 0 spiro atoms. The van der Waals surface area contributed by atoms with Crippen LogP contribution in [0.3, 0.4) is 0 Å². The van der Waals surface area contributed by atoms with Crippen LogP contribution in [0, 0.1) is 0 Å². The first kappa shape index (κ1) is 7.33. The Kier molecular flexibility index (Phi) is 2.37. The molecule has 0 rings (SSSR count). The summed E-state index contributed by atoms with van der Waals surface area (Å²) in [6.45, 7) is 0.0772. The SMILES string of the molecule is CC(F)(F)CN[C]=O. The molecule has 0 aromatic carbocycles. The van der Waals surface area contributed by atoms with E-state index in [1.807, 2.05) is 0 Å². The zero-order valence-electron chi connectivity index (χ0n) is 4.37. The van der Waals surface area contributed by atoms with Gasteiger partial charge in [0.25, 0.3) is 5.92 Å². The fraction of sp³-hybridized carbons (Fsp3) is 0.750. The van der Waals surface area contributed by atoms with Gasteiger partial charge in [-0.25, -0.2) is 8.78 Å². The van der Waals surface area contributed by atoms with Crippen molar-refractivity contribution < 1.29 is 13.6 Å². The van der Waals surface area contributed by atoms with Crippen molar-refractivity contribution >= 4 is 6.41 Å². The van der Waals surface area contributed by atoms with Gasteiger partial charge in [0.1, 0.15) is 0 Å². The van der Waals surface area contributed by atoms with Crippen molar-refractivity contribution in [3.63, 3.8) is 0 Å². The molecule has 0 aliphatic carbocycles. The van der Waals surface area contributed by atoms with Gasteiger partial charge in [0.2, 0.25) is 0 Å². The zero-order chi connectivity index (χ0) is 6.62. The average Bonchev–Trinajstić information content (AvgIpc) is 1.59. The van der Waals surface area contributed by atoms with Crippen LogP contribution in [0.25, 0.3) is 0 Å². The van der Waals surface area contributed by atoms with Crippen molar-refractivity contribution in [2.75, 3.05) is 6.54 Å². The molecule has 4 heteroatoms. The first-order valence-corrected chi connectivity index (χ1v) is 2.04. The van der Waals surface area contributed by atoms with Gasteiger partial charge in [-0.05, 0) is 0 Å². The maximum absolute atomic E-state index is 11.7. The molecular weight excluding hydrogens is 116 g/mol. The molecule has 1 radical (unpaired) electrons. The highest BCUT2D eigenvalue weighted by molar-refractivity contribution is 5.47. The Hall–Kier alpha value is -0.670. The van der Waals surface area contributed by atoms with Gasteiger partial charge >= 0.3 is 6.41 Å². The third kappa shape index (κ3) is 5.33. The Balaban J connectivity index is 3.24. The number of hydrogen-bond acceptors (Lipinski definition) is 1.